The molecule has 7 heteroatoms. The van der Waals surface area contributed by atoms with Crippen molar-refractivity contribution in [2.24, 2.45) is 0 Å². The average Bonchev–Trinajstić information content (AvgIpc) is 3.47. The first-order valence-electron chi connectivity index (χ1n) is 13.6. The van der Waals surface area contributed by atoms with Crippen molar-refractivity contribution in [3.63, 3.8) is 0 Å². The van der Waals surface area contributed by atoms with Gasteiger partial charge >= 0.3 is 5.97 Å². The van der Waals surface area contributed by atoms with Gasteiger partial charge in [-0.25, -0.2) is 9.78 Å². The number of aliphatic carboxylic acids is 1. The van der Waals surface area contributed by atoms with Gasteiger partial charge in [-0.2, -0.15) is 0 Å². The predicted octanol–water partition coefficient (Wildman–Crippen LogP) is 7.74. The van der Waals surface area contributed by atoms with Gasteiger partial charge in [0.25, 0.3) is 5.91 Å². The molecular weight excluding hydrogens is 520 g/mol. The molecule has 0 fully saturated rings. The Morgan fingerprint density at radius 2 is 1.62 bits per heavy atom. The van der Waals surface area contributed by atoms with Crippen molar-refractivity contribution in [1.29, 1.82) is 0 Å². The van der Waals surface area contributed by atoms with E-state index in [1.807, 2.05) is 67.0 Å². The number of carbonyl (C=O) groups is 2. The third kappa shape index (κ3) is 7.67. The molecule has 4 rings (SSSR count). The summed E-state index contributed by atoms with van der Waals surface area (Å²) in [4.78, 5) is 31.1. The van der Waals surface area contributed by atoms with E-state index in [1.165, 1.54) is 24.8 Å². The number of aryl methyl sites for hydroxylation is 1. The van der Waals surface area contributed by atoms with E-state index in [0.717, 1.165) is 39.4 Å². The Labute approximate surface area is 239 Å². The topological polar surface area (TPSA) is 79.7 Å². The summed E-state index contributed by atoms with van der Waals surface area (Å²) in [5.41, 5.74) is 7.76. The molecule has 0 radical (unpaired) electrons. The number of carboxylic acid groups (broad SMARTS) is 1. The van der Waals surface area contributed by atoms with E-state index in [9.17, 15) is 9.59 Å². The van der Waals surface area contributed by atoms with Crippen molar-refractivity contribution in [2.75, 3.05) is 18.1 Å². The molecule has 0 aliphatic carbocycles. The van der Waals surface area contributed by atoms with E-state index in [2.05, 4.69) is 24.0 Å². The van der Waals surface area contributed by atoms with Crippen LogP contribution in [0.3, 0.4) is 0 Å². The molecule has 0 unspecified atom stereocenters. The van der Waals surface area contributed by atoms with E-state index in [4.69, 9.17) is 9.84 Å². The molecule has 1 N–H and O–H groups in total. The van der Waals surface area contributed by atoms with Crippen LogP contribution in [-0.2, 0) is 16.0 Å². The van der Waals surface area contributed by atoms with Crippen molar-refractivity contribution in [3.8, 4) is 27.4 Å². The third-order valence-corrected chi connectivity index (χ3v) is 7.42. The first-order chi connectivity index (χ1) is 19.5. The van der Waals surface area contributed by atoms with E-state index >= 15 is 0 Å². The average molecular weight is 555 g/mol. The fraction of sp³-hybridized carbons (Fsp3) is 0.242. The smallest absolute Gasteiger partial charge is 0.341 e. The van der Waals surface area contributed by atoms with E-state index < -0.39 is 5.97 Å². The number of nitrogens with zero attached hydrogens (tertiary/aromatic N) is 2. The van der Waals surface area contributed by atoms with Crippen molar-refractivity contribution < 1.29 is 19.4 Å². The standard InChI is InChI=1S/C33H34N2O4S/c1-3-5-6-7-24-10-17-28(18-11-24)35(4-2)30(36)21-12-25-8-13-27(14-9-25)33-32(34-23-40-33)26-15-19-29(20-16-26)39-22-31(37)38/h8-21,23H,3-7,22H2,1-2H3,(H,37,38)/b21-12+. The highest BCUT2D eigenvalue weighted by molar-refractivity contribution is 7.13. The van der Waals surface area contributed by atoms with Gasteiger partial charge in [-0.05, 0) is 78.9 Å². The zero-order valence-electron chi connectivity index (χ0n) is 22.9. The Hall–Kier alpha value is -4.23. The van der Waals surface area contributed by atoms with Gasteiger partial charge in [-0.3, -0.25) is 4.79 Å². The summed E-state index contributed by atoms with van der Waals surface area (Å²) in [6.07, 6.45) is 8.18. The highest BCUT2D eigenvalue weighted by atomic mass is 32.1. The van der Waals surface area contributed by atoms with Gasteiger partial charge in [-0.1, -0.05) is 56.2 Å². The number of ether oxygens (including phenoxy) is 1. The molecule has 0 aliphatic heterocycles. The van der Waals surface area contributed by atoms with Crippen LogP contribution in [0.2, 0.25) is 0 Å². The first kappa shape index (κ1) is 28.8. The van der Waals surface area contributed by atoms with Crippen LogP contribution in [0.5, 0.6) is 5.75 Å². The number of hydrogen-bond donors (Lipinski definition) is 1. The quantitative estimate of drug-likeness (QED) is 0.135. The molecule has 1 aromatic heterocycles. The zero-order valence-corrected chi connectivity index (χ0v) is 23.7. The van der Waals surface area contributed by atoms with Crippen LogP contribution in [0.25, 0.3) is 27.8 Å². The molecule has 0 saturated heterocycles. The van der Waals surface area contributed by atoms with Crippen molar-refractivity contribution in [1.82, 2.24) is 4.98 Å². The summed E-state index contributed by atoms with van der Waals surface area (Å²) in [5.74, 6) is -0.570. The zero-order chi connectivity index (χ0) is 28.3. The summed E-state index contributed by atoms with van der Waals surface area (Å²) >= 11 is 1.55. The van der Waals surface area contributed by atoms with Crippen LogP contribution in [0, 0.1) is 0 Å². The van der Waals surface area contributed by atoms with Gasteiger partial charge < -0.3 is 14.7 Å². The number of likely N-dealkylation sites (N-methyl/N-ethyl adjacent to an activating group) is 1. The van der Waals surface area contributed by atoms with Gasteiger partial charge in [-0.15, -0.1) is 11.3 Å². The van der Waals surface area contributed by atoms with Crippen LogP contribution in [0.1, 0.15) is 44.2 Å². The van der Waals surface area contributed by atoms with Crippen molar-refractivity contribution in [3.05, 3.63) is 95.5 Å². The van der Waals surface area contributed by atoms with E-state index in [0.29, 0.717) is 12.3 Å². The lowest BCUT2D eigenvalue weighted by atomic mass is 10.0. The Bertz CT molecular complexity index is 1420. The molecular formula is C33H34N2O4S. The normalized spacial score (nSPS) is 11.1. The number of anilines is 1. The minimum atomic E-state index is -1.01. The third-order valence-electron chi connectivity index (χ3n) is 6.55. The molecule has 0 aliphatic rings. The maximum atomic E-state index is 13.0. The van der Waals surface area contributed by atoms with Gasteiger partial charge in [0.15, 0.2) is 6.61 Å². The minimum absolute atomic E-state index is 0.0502. The second-order valence-electron chi connectivity index (χ2n) is 9.40. The second kappa shape index (κ2) is 14.2. The number of unbranched alkanes of at least 4 members (excludes halogenated alkanes) is 2. The summed E-state index contributed by atoms with van der Waals surface area (Å²) in [6.45, 7) is 4.41. The number of carboxylic acids is 1. The number of thiazole rings is 1. The van der Waals surface area contributed by atoms with Crippen LogP contribution < -0.4 is 9.64 Å². The summed E-state index contributed by atoms with van der Waals surface area (Å²) < 4.78 is 5.22. The molecule has 0 spiro atoms. The monoisotopic (exact) mass is 554 g/mol. The van der Waals surface area contributed by atoms with Crippen LogP contribution in [0.15, 0.2) is 84.4 Å². The van der Waals surface area contributed by atoms with Crippen LogP contribution >= 0.6 is 11.3 Å². The van der Waals surface area contributed by atoms with Gasteiger partial charge in [0, 0.05) is 23.9 Å². The fourth-order valence-electron chi connectivity index (χ4n) is 4.40. The van der Waals surface area contributed by atoms with Crippen LogP contribution in [-0.4, -0.2) is 35.1 Å². The van der Waals surface area contributed by atoms with Gasteiger partial charge in [0.05, 0.1) is 16.1 Å². The number of aromatic nitrogens is 1. The highest BCUT2D eigenvalue weighted by Gasteiger charge is 2.13. The molecule has 0 saturated carbocycles. The molecule has 40 heavy (non-hydrogen) atoms. The Balaban J connectivity index is 1.41. The number of rotatable bonds is 13. The minimum Gasteiger partial charge on any atom is -0.482 e. The van der Waals surface area contributed by atoms with Crippen LogP contribution in [0.4, 0.5) is 5.69 Å². The first-order valence-corrected chi connectivity index (χ1v) is 14.4. The molecule has 1 heterocycles. The van der Waals surface area contributed by atoms with Crippen molar-refractivity contribution in [2.45, 2.75) is 39.5 Å². The van der Waals surface area contributed by atoms with Gasteiger partial charge in [0.1, 0.15) is 5.75 Å². The predicted molar refractivity (Wildman–Crippen MR) is 163 cm³/mol. The highest BCUT2D eigenvalue weighted by Crippen LogP contribution is 2.35. The van der Waals surface area contributed by atoms with E-state index in [-0.39, 0.29) is 12.5 Å². The van der Waals surface area contributed by atoms with Gasteiger partial charge in [0.2, 0.25) is 0 Å². The molecule has 0 atom stereocenters. The number of carbonyl (C=O) groups excluding carboxylic acids is 1. The summed E-state index contributed by atoms with van der Waals surface area (Å²) in [6, 6.07) is 23.6. The maximum absolute atomic E-state index is 13.0. The fourth-order valence-corrected chi connectivity index (χ4v) is 5.22. The van der Waals surface area contributed by atoms with Crippen molar-refractivity contribution >= 4 is 35.0 Å². The Kier molecular flexibility index (Phi) is 10.2. The Morgan fingerprint density at radius 1 is 0.925 bits per heavy atom. The lowest BCUT2D eigenvalue weighted by Crippen LogP contribution is -2.28. The maximum Gasteiger partial charge on any atom is 0.341 e. The lowest BCUT2D eigenvalue weighted by Gasteiger charge is -2.19. The SMILES string of the molecule is CCCCCc1ccc(N(CC)C(=O)/C=C/c2ccc(-c3scnc3-c3ccc(OCC(=O)O)cc3)cc2)cc1. The molecule has 0 bridgehead atoms. The largest absolute Gasteiger partial charge is 0.482 e. The second-order valence-corrected chi connectivity index (χ2v) is 10.3. The van der Waals surface area contributed by atoms with E-state index in [1.54, 1.807) is 34.4 Å². The summed E-state index contributed by atoms with van der Waals surface area (Å²) in [7, 11) is 0. The number of amides is 1. The molecule has 3 aromatic carbocycles. The molecule has 206 valence electrons. The Morgan fingerprint density at radius 3 is 2.27 bits per heavy atom. The summed E-state index contributed by atoms with van der Waals surface area (Å²) in [5, 5.41) is 8.79. The lowest BCUT2D eigenvalue weighted by molar-refractivity contribution is -0.139. The number of hydrogen-bond acceptors (Lipinski definition) is 5. The number of benzene rings is 3. The molecule has 1 amide bonds. The molecule has 6 nitrogen and oxygen atoms in total. The molecule has 4 aromatic rings.